The van der Waals surface area contributed by atoms with Crippen molar-refractivity contribution < 1.29 is 4.74 Å². The molecule has 0 saturated heterocycles. The molecule has 0 atom stereocenters. The van der Waals surface area contributed by atoms with Crippen molar-refractivity contribution in [3.05, 3.63) is 45.9 Å². The number of nitrogens with one attached hydrogen (secondary N) is 1. The summed E-state index contributed by atoms with van der Waals surface area (Å²) in [6.07, 6.45) is 0. The molecule has 88 valence electrons. The van der Waals surface area contributed by atoms with Gasteiger partial charge in [0.15, 0.2) is 0 Å². The number of nitrogens with two attached hydrogens (primary N) is 1. The maximum Gasteiger partial charge on any atom is 0.131 e. The monoisotopic (exact) mass is 247 g/mol. The van der Waals surface area contributed by atoms with E-state index in [1.807, 2.05) is 24.4 Å². The standard InChI is InChI=1S/C12H13N3OS/c1-8-15-9(7-17-8)6-16-11-5-3-2-4-10(11)12(13)14/h2-5,7H,6H2,1H3,(H3,13,14). The molecule has 0 saturated carbocycles. The molecule has 0 aliphatic heterocycles. The van der Waals surface area contributed by atoms with E-state index in [-0.39, 0.29) is 5.84 Å². The van der Waals surface area contributed by atoms with Crippen LogP contribution in [0.25, 0.3) is 0 Å². The van der Waals surface area contributed by atoms with Gasteiger partial charge in [-0.3, -0.25) is 5.41 Å². The van der Waals surface area contributed by atoms with Crippen molar-refractivity contribution in [2.24, 2.45) is 5.73 Å². The van der Waals surface area contributed by atoms with Crippen molar-refractivity contribution in [3.63, 3.8) is 0 Å². The molecule has 0 fully saturated rings. The number of hydrogen-bond donors (Lipinski definition) is 2. The molecular formula is C12H13N3OS. The molecule has 0 unspecified atom stereocenters. The van der Waals surface area contributed by atoms with Gasteiger partial charge in [0.2, 0.25) is 0 Å². The lowest BCUT2D eigenvalue weighted by Gasteiger charge is -2.08. The van der Waals surface area contributed by atoms with Crippen LogP contribution in [0, 0.1) is 12.3 Å². The van der Waals surface area contributed by atoms with E-state index in [0.29, 0.717) is 17.9 Å². The number of aromatic nitrogens is 1. The van der Waals surface area contributed by atoms with E-state index in [1.54, 1.807) is 23.5 Å². The van der Waals surface area contributed by atoms with Crippen molar-refractivity contribution in [1.29, 1.82) is 5.41 Å². The van der Waals surface area contributed by atoms with E-state index in [0.717, 1.165) is 10.7 Å². The van der Waals surface area contributed by atoms with Gasteiger partial charge in [-0.25, -0.2) is 4.98 Å². The van der Waals surface area contributed by atoms with Crippen LogP contribution in [0.1, 0.15) is 16.3 Å². The van der Waals surface area contributed by atoms with E-state index in [4.69, 9.17) is 15.9 Å². The summed E-state index contributed by atoms with van der Waals surface area (Å²) in [5, 5.41) is 10.4. The minimum absolute atomic E-state index is 0.00931. The molecule has 5 heteroatoms. The van der Waals surface area contributed by atoms with Gasteiger partial charge in [-0.2, -0.15) is 0 Å². The molecular weight excluding hydrogens is 234 g/mol. The molecule has 0 aliphatic rings. The average Bonchev–Trinajstić information content (AvgIpc) is 2.73. The topological polar surface area (TPSA) is 72.0 Å². The van der Waals surface area contributed by atoms with Crippen molar-refractivity contribution in [3.8, 4) is 5.75 Å². The van der Waals surface area contributed by atoms with Crippen LogP contribution in [-0.2, 0) is 6.61 Å². The molecule has 2 rings (SSSR count). The quantitative estimate of drug-likeness (QED) is 0.643. The van der Waals surface area contributed by atoms with Crippen LogP contribution in [-0.4, -0.2) is 10.8 Å². The second-order valence-corrected chi connectivity index (χ2v) is 4.62. The summed E-state index contributed by atoms with van der Waals surface area (Å²) in [4.78, 5) is 4.31. The van der Waals surface area contributed by atoms with Crippen LogP contribution < -0.4 is 10.5 Å². The molecule has 0 radical (unpaired) electrons. The van der Waals surface area contributed by atoms with Crippen LogP contribution >= 0.6 is 11.3 Å². The molecule has 0 spiro atoms. The van der Waals surface area contributed by atoms with E-state index in [9.17, 15) is 0 Å². The Labute approximate surface area is 104 Å². The molecule has 0 amide bonds. The maximum absolute atomic E-state index is 7.45. The maximum atomic E-state index is 7.45. The highest BCUT2D eigenvalue weighted by molar-refractivity contribution is 7.09. The number of para-hydroxylation sites is 1. The SMILES string of the molecule is Cc1nc(COc2ccccc2C(=N)N)cs1. The summed E-state index contributed by atoms with van der Waals surface area (Å²) in [6.45, 7) is 2.35. The summed E-state index contributed by atoms with van der Waals surface area (Å²) < 4.78 is 5.62. The Morgan fingerprint density at radius 3 is 2.88 bits per heavy atom. The summed E-state index contributed by atoms with van der Waals surface area (Å²) >= 11 is 1.59. The normalized spacial score (nSPS) is 10.2. The summed E-state index contributed by atoms with van der Waals surface area (Å²) in [6, 6.07) is 7.25. The molecule has 4 nitrogen and oxygen atoms in total. The van der Waals surface area contributed by atoms with Crippen LogP contribution in [0.5, 0.6) is 5.75 Å². The number of ether oxygens (including phenoxy) is 1. The fourth-order valence-electron chi connectivity index (χ4n) is 1.44. The third kappa shape index (κ3) is 2.82. The molecule has 17 heavy (non-hydrogen) atoms. The van der Waals surface area contributed by atoms with Gasteiger partial charge in [0, 0.05) is 5.38 Å². The lowest BCUT2D eigenvalue weighted by Crippen LogP contribution is -2.13. The van der Waals surface area contributed by atoms with Gasteiger partial charge in [-0.1, -0.05) is 12.1 Å². The predicted octanol–water partition coefficient (Wildman–Crippen LogP) is 2.31. The largest absolute Gasteiger partial charge is 0.486 e. The lowest BCUT2D eigenvalue weighted by atomic mass is 10.2. The summed E-state index contributed by atoms with van der Waals surface area (Å²) in [5.74, 6) is 0.626. The molecule has 0 bridgehead atoms. The zero-order chi connectivity index (χ0) is 12.3. The second kappa shape index (κ2) is 4.97. The number of nitrogens with zero attached hydrogens (tertiary/aromatic N) is 1. The third-order valence-electron chi connectivity index (χ3n) is 2.22. The lowest BCUT2D eigenvalue weighted by molar-refractivity contribution is 0.301. The first-order valence-electron chi connectivity index (χ1n) is 5.14. The molecule has 0 aliphatic carbocycles. The van der Waals surface area contributed by atoms with Crippen LogP contribution in [0.4, 0.5) is 0 Å². The van der Waals surface area contributed by atoms with Crippen LogP contribution in [0.15, 0.2) is 29.6 Å². The molecule has 3 N–H and O–H groups in total. The highest BCUT2D eigenvalue weighted by Gasteiger charge is 2.06. The fraction of sp³-hybridized carbons (Fsp3) is 0.167. The Kier molecular flexibility index (Phi) is 3.39. The smallest absolute Gasteiger partial charge is 0.131 e. The van der Waals surface area contributed by atoms with Crippen LogP contribution in [0.3, 0.4) is 0 Å². The van der Waals surface area contributed by atoms with E-state index in [1.165, 1.54) is 0 Å². The zero-order valence-corrected chi connectivity index (χ0v) is 10.3. The fourth-order valence-corrected chi connectivity index (χ4v) is 2.04. The minimum atomic E-state index is 0.00931. The van der Waals surface area contributed by atoms with E-state index < -0.39 is 0 Å². The Morgan fingerprint density at radius 1 is 1.47 bits per heavy atom. The first kappa shape index (κ1) is 11.6. The Morgan fingerprint density at radius 2 is 2.24 bits per heavy atom. The Balaban J connectivity index is 2.11. The number of nitrogen functional groups attached to an aromatic ring is 1. The van der Waals surface area contributed by atoms with Gasteiger partial charge < -0.3 is 10.5 Å². The summed E-state index contributed by atoms with van der Waals surface area (Å²) in [7, 11) is 0. The van der Waals surface area contributed by atoms with E-state index in [2.05, 4.69) is 4.98 Å². The number of hydrogen-bond acceptors (Lipinski definition) is 4. The number of benzene rings is 1. The average molecular weight is 247 g/mol. The zero-order valence-electron chi connectivity index (χ0n) is 9.43. The number of amidine groups is 1. The minimum Gasteiger partial charge on any atom is -0.486 e. The van der Waals surface area contributed by atoms with E-state index >= 15 is 0 Å². The van der Waals surface area contributed by atoms with Gasteiger partial charge in [0.1, 0.15) is 18.2 Å². The molecule has 2 aromatic rings. The Bertz CT molecular complexity index is 536. The first-order valence-corrected chi connectivity index (χ1v) is 6.02. The second-order valence-electron chi connectivity index (χ2n) is 3.56. The van der Waals surface area contributed by atoms with Crippen molar-refractivity contribution in [2.45, 2.75) is 13.5 Å². The van der Waals surface area contributed by atoms with Crippen molar-refractivity contribution in [1.82, 2.24) is 4.98 Å². The third-order valence-corrected chi connectivity index (χ3v) is 3.04. The first-order chi connectivity index (χ1) is 8.16. The predicted molar refractivity (Wildman–Crippen MR) is 68.6 cm³/mol. The summed E-state index contributed by atoms with van der Waals surface area (Å²) in [5.41, 5.74) is 6.98. The number of thiazole rings is 1. The van der Waals surface area contributed by atoms with Gasteiger partial charge in [-0.05, 0) is 19.1 Å². The Hall–Kier alpha value is -1.88. The van der Waals surface area contributed by atoms with Gasteiger partial charge in [0.05, 0.1) is 16.3 Å². The van der Waals surface area contributed by atoms with Crippen LogP contribution in [0.2, 0.25) is 0 Å². The van der Waals surface area contributed by atoms with Gasteiger partial charge in [-0.15, -0.1) is 11.3 Å². The number of aryl methyl sites for hydroxylation is 1. The number of rotatable bonds is 4. The van der Waals surface area contributed by atoms with Crippen molar-refractivity contribution in [2.75, 3.05) is 0 Å². The molecule has 1 aromatic heterocycles. The van der Waals surface area contributed by atoms with Gasteiger partial charge >= 0.3 is 0 Å². The highest BCUT2D eigenvalue weighted by Crippen LogP contribution is 2.19. The highest BCUT2D eigenvalue weighted by atomic mass is 32.1. The van der Waals surface area contributed by atoms with Crippen molar-refractivity contribution >= 4 is 17.2 Å². The molecule has 1 aromatic carbocycles. The van der Waals surface area contributed by atoms with Gasteiger partial charge in [0.25, 0.3) is 0 Å². The molecule has 1 heterocycles.